The van der Waals surface area contributed by atoms with Crippen molar-refractivity contribution < 1.29 is 4.74 Å². The van der Waals surface area contributed by atoms with E-state index < -0.39 is 0 Å². The van der Waals surface area contributed by atoms with Crippen LogP contribution in [0.1, 0.15) is 35.1 Å². The van der Waals surface area contributed by atoms with Gasteiger partial charge in [0.1, 0.15) is 5.75 Å². The maximum absolute atomic E-state index is 5.61. The zero-order valence-corrected chi connectivity index (χ0v) is 17.8. The summed E-state index contributed by atoms with van der Waals surface area (Å²) in [5.41, 5.74) is 4.35. The van der Waals surface area contributed by atoms with Gasteiger partial charge in [0, 0.05) is 31.2 Å². The Morgan fingerprint density at radius 2 is 1.78 bits per heavy atom. The molecule has 2 aromatic rings. The maximum atomic E-state index is 5.61. The van der Waals surface area contributed by atoms with Gasteiger partial charge in [-0.05, 0) is 49.5 Å². The molecule has 1 saturated heterocycles. The van der Waals surface area contributed by atoms with Crippen molar-refractivity contribution in [3.63, 3.8) is 0 Å². The third-order valence-corrected chi connectivity index (χ3v) is 5.97. The predicted octanol–water partition coefficient (Wildman–Crippen LogP) is 4.56. The summed E-state index contributed by atoms with van der Waals surface area (Å²) >= 11 is 0. The highest BCUT2D eigenvalue weighted by molar-refractivity contribution is 5.85. The normalized spacial score (nSPS) is 22.4. The molecule has 2 heterocycles. The van der Waals surface area contributed by atoms with E-state index in [0.29, 0.717) is 12.0 Å². The highest BCUT2D eigenvalue weighted by Gasteiger charge is 2.31. The van der Waals surface area contributed by atoms with Gasteiger partial charge in [-0.25, -0.2) is 0 Å². The lowest BCUT2D eigenvalue weighted by Gasteiger charge is -2.37. The van der Waals surface area contributed by atoms with Crippen LogP contribution in [0.5, 0.6) is 5.75 Å². The summed E-state index contributed by atoms with van der Waals surface area (Å²) in [6.45, 7) is 4.59. The van der Waals surface area contributed by atoms with E-state index in [-0.39, 0.29) is 24.8 Å². The first-order valence-electron chi connectivity index (χ1n) is 9.39. The first-order chi connectivity index (χ1) is 12.3. The maximum Gasteiger partial charge on any atom is 0.122 e. The number of likely N-dealkylation sites (tertiary alicyclic amines) is 1. The van der Waals surface area contributed by atoms with Crippen LogP contribution in [0.3, 0.4) is 0 Å². The van der Waals surface area contributed by atoms with Gasteiger partial charge in [-0.15, -0.1) is 24.8 Å². The Labute approximate surface area is 175 Å². The second-order valence-electron chi connectivity index (χ2n) is 7.43. The predicted molar refractivity (Wildman–Crippen MR) is 117 cm³/mol. The number of nitrogens with zero attached hydrogens (tertiary/aromatic N) is 2. The van der Waals surface area contributed by atoms with E-state index in [2.05, 4.69) is 65.4 Å². The topological polar surface area (TPSA) is 15.7 Å². The SMILES string of the molecule is COc1cccc2c1CCN(C)C2CN1CCC(c2ccccc2)C1.Cl.Cl. The van der Waals surface area contributed by atoms with E-state index >= 15 is 0 Å². The molecule has 0 N–H and O–H groups in total. The molecule has 0 spiro atoms. The molecular weight excluding hydrogens is 379 g/mol. The smallest absolute Gasteiger partial charge is 0.122 e. The van der Waals surface area contributed by atoms with Crippen LogP contribution in [0.25, 0.3) is 0 Å². The van der Waals surface area contributed by atoms with Crippen LogP contribution in [0.2, 0.25) is 0 Å². The van der Waals surface area contributed by atoms with Crippen LogP contribution in [0, 0.1) is 0 Å². The van der Waals surface area contributed by atoms with Gasteiger partial charge in [0.15, 0.2) is 0 Å². The van der Waals surface area contributed by atoms with Gasteiger partial charge in [-0.1, -0.05) is 42.5 Å². The molecule has 2 unspecified atom stereocenters. The van der Waals surface area contributed by atoms with E-state index in [1.807, 2.05) is 0 Å². The molecule has 148 valence electrons. The van der Waals surface area contributed by atoms with Gasteiger partial charge in [0.2, 0.25) is 0 Å². The Morgan fingerprint density at radius 1 is 1.00 bits per heavy atom. The Morgan fingerprint density at radius 3 is 2.52 bits per heavy atom. The molecule has 0 aliphatic carbocycles. The molecular formula is C22H30Cl2N2O. The number of hydrogen-bond donors (Lipinski definition) is 0. The van der Waals surface area contributed by atoms with E-state index in [9.17, 15) is 0 Å². The third kappa shape index (κ3) is 4.60. The van der Waals surface area contributed by atoms with Crippen LogP contribution in [0.4, 0.5) is 0 Å². The molecule has 2 atom stereocenters. The Kier molecular flexibility index (Phi) is 7.99. The van der Waals surface area contributed by atoms with Gasteiger partial charge < -0.3 is 9.64 Å². The number of rotatable bonds is 4. The van der Waals surface area contributed by atoms with Crippen LogP contribution in [-0.4, -0.2) is 50.1 Å². The average molecular weight is 409 g/mol. The molecule has 3 nitrogen and oxygen atoms in total. The number of ether oxygens (including phenoxy) is 1. The first-order valence-corrected chi connectivity index (χ1v) is 9.39. The standard InChI is InChI=1S/C22H28N2O.2ClH/c1-23-13-12-20-19(9-6-10-22(20)25-2)21(23)16-24-14-11-18(15-24)17-7-4-3-5-8-17;;/h3-10,18,21H,11-16H2,1-2H3;2*1H. The molecule has 2 aliphatic heterocycles. The van der Waals surface area contributed by atoms with Gasteiger partial charge >= 0.3 is 0 Å². The zero-order valence-electron chi connectivity index (χ0n) is 16.1. The highest BCUT2D eigenvalue weighted by atomic mass is 35.5. The van der Waals surface area contributed by atoms with Gasteiger partial charge in [0.05, 0.1) is 7.11 Å². The van der Waals surface area contributed by atoms with Crippen molar-refractivity contribution in [1.82, 2.24) is 9.80 Å². The molecule has 5 heteroatoms. The molecule has 27 heavy (non-hydrogen) atoms. The lowest BCUT2D eigenvalue weighted by molar-refractivity contribution is 0.169. The summed E-state index contributed by atoms with van der Waals surface area (Å²) < 4.78 is 5.61. The quantitative estimate of drug-likeness (QED) is 0.737. The van der Waals surface area contributed by atoms with Gasteiger partial charge in [-0.2, -0.15) is 0 Å². The van der Waals surface area contributed by atoms with E-state index in [4.69, 9.17) is 4.74 Å². The summed E-state index contributed by atoms with van der Waals surface area (Å²) in [5.74, 6) is 1.74. The van der Waals surface area contributed by atoms with E-state index in [1.165, 1.54) is 36.2 Å². The Hall–Kier alpha value is -1.26. The molecule has 2 aromatic carbocycles. The minimum Gasteiger partial charge on any atom is -0.496 e. The average Bonchev–Trinajstić information content (AvgIpc) is 3.13. The summed E-state index contributed by atoms with van der Waals surface area (Å²) in [6.07, 6.45) is 2.35. The number of likely N-dealkylation sites (N-methyl/N-ethyl adjacent to an activating group) is 1. The van der Waals surface area contributed by atoms with Crippen molar-refractivity contribution in [2.45, 2.75) is 24.8 Å². The first kappa shape index (κ1) is 22.0. The minimum absolute atomic E-state index is 0. The summed E-state index contributed by atoms with van der Waals surface area (Å²) in [5, 5.41) is 0. The highest BCUT2D eigenvalue weighted by Crippen LogP contribution is 2.36. The number of hydrogen-bond acceptors (Lipinski definition) is 3. The number of benzene rings is 2. The van der Waals surface area contributed by atoms with Crippen LogP contribution in [-0.2, 0) is 6.42 Å². The van der Waals surface area contributed by atoms with Crippen molar-refractivity contribution in [1.29, 1.82) is 0 Å². The minimum atomic E-state index is 0. The second kappa shape index (κ2) is 9.79. The number of fused-ring (bicyclic) bond motifs is 1. The number of methoxy groups -OCH3 is 1. The third-order valence-electron chi connectivity index (χ3n) is 5.97. The largest absolute Gasteiger partial charge is 0.496 e. The molecule has 4 rings (SSSR count). The van der Waals surface area contributed by atoms with Crippen LogP contribution in [0.15, 0.2) is 48.5 Å². The monoisotopic (exact) mass is 408 g/mol. The zero-order chi connectivity index (χ0) is 17.2. The van der Waals surface area contributed by atoms with Crippen molar-refractivity contribution in [3.8, 4) is 5.75 Å². The lowest BCUT2D eigenvalue weighted by Crippen LogP contribution is -2.39. The number of halogens is 2. The van der Waals surface area contributed by atoms with Crippen molar-refractivity contribution in [3.05, 3.63) is 65.2 Å². The molecule has 1 fully saturated rings. The fourth-order valence-electron chi connectivity index (χ4n) is 4.51. The van der Waals surface area contributed by atoms with E-state index in [0.717, 1.165) is 25.3 Å². The summed E-state index contributed by atoms with van der Waals surface area (Å²) in [7, 11) is 4.05. The van der Waals surface area contributed by atoms with Crippen molar-refractivity contribution in [2.75, 3.05) is 40.3 Å². The van der Waals surface area contributed by atoms with Crippen LogP contribution < -0.4 is 4.74 Å². The molecule has 0 bridgehead atoms. The molecule has 0 radical (unpaired) electrons. The molecule has 0 aromatic heterocycles. The Balaban J connectivity index is 0.00000131. The second-order valence-corrected chi connectivity index (χ2v) is 7.43. The fourth-order valence-corrected chi connectivity index (χ4v) is 4.51. The fraction of sp³-hybridized carbons (Fsp3) is 0.455. The van der Waals surface area contributed by atoms with Crippen LogP contribution >= 0.6 is 24.8 Å². The van der Waals surface area contributed by atoms with Gasteiger partial charge in [-0.3, -0.25) is 4.90 Å². The van der Waals surface area contributed by atoms with Crippen molar-refractivity contribution in [2.24, 2.45) is 0 Å². The van der Waals surface area contributed by atoms with Crippen molar-refractivity contribution >= 4 is 24.8 Å². The summed E-state index contributed by atoms with van der Waals surface area (Å²) in [6, 6.07) is 18.0. The molecule has 0 amide bonds. The Bertz CT molecular complexity index is 726. The molecule has 2 aliphatic rings. The van der Waals surface area contributed by atoms with E-state index in [1.54, 1.807) is 7.11 Å². The van der Waals surface area contributed by atoms with Gasteiger partial charge in [0.25, 0.3) is 0 Å². The summed E-state index contributed by atoms with van der Waals surface area (Å²) in [4.78, 5) is 5.16. The lowest BCUT2D eigenvalue weighted by atomic mass is 9.91. The molecule has 0 saturated carbocycles.